The van der Waals surface area contributed by atoms with Crippen LogP contribution >= 0.6 is 11.6 Å². The van der Waals surface area contributed by atoms with Gasteiger partial charge in [0.15, 0.2) is 0 Å². The highest BCUT2D eigenvalue weighted by atomic mass is 35.5. The molecular formula is C13H17ClN2O2. The van der Waals surface area contributed by atoms with E-state index in [9.17, 15) is 4.79 Å². The molecule has 0 saturated heterocycles. The molecule has 0 spiro atoms. The van der Waals surface area contributed by atoms with Gasteiger partial charge in [-0.3, -0.25) is 4.79 Å². The van der Waals surface area contributed by atoms with Gasteiger partial charge in [-0.15, -0.1) is 0 Å². The highest BCUT2D eigenvalue weighted by Gasteiger charge is 2.30. The van der Waals surface area contributed by atoms with Crippen molar-refractivity contribution in [3.05, 3.63) is 22.7 Å². The molecule has 1 unspecified atom stereocenters. The lowest BCUT2D eigenvalue weighted by Crippen LogP contribution is -2.23. The zero-order chi connectivity index (χ0) is 13.1. The molecule has 18 heavy (non-hydrogen) atoms. The van der Waals surface area contributed by atoms with Crippen LogP contribution in [-0.4, -0.2) is 19.6 Å². The minimum Gasteiger partial charge on any atom is -0.492 e. The number of ether oxygens (including phenoxy) is 1. The van der Waals surface area contributed by atoms with Gasteiger partial charge in [0.1, 0.15) is 11.8 Å². The molecule has 1 aliphatic rings. The predicted octanol–water partition coefficient (Wildman–Crippen LogP) is 2.73. The van der Waals surface area contributed by atoms with E-state index in [-0.39, 0.29) is 11.9 Å². The summed E-state index contributed by atoms with van der Waals surface area (Å²) >= 11 is 6.16. The van der Waals surface area contributed by atoms with Crippen molar-refractivity contribution in [2.75, 3.05) is 19.0 Å². The minimum atomic E-state index is -0.331. The van der Waals surface area contributed by atoms with Crippen molar-refractivity contribution >= 4 is 23.2 Å². The average molecular weight is 269 g/mol. The SMILES string of the molecule is CCCCOc1cc2c(cc1Cl)C(NC)C(=O)N2. The van der Waals surface area contributed by atoms with E-state index in [0.29, 0.717) is 17.4 Å². The number of carbonyl (C=O) groups is 1. The zero-order valence-corrected chi connectivity index (χ0v) is 11.3. The Morgan fingerprint density at radius 3 is 2.94 bits per heavy atom. The van der Waals surface area contributed by atoms with Crippen LogP contribution in [0.2, 0.25) is 5.02 Å². The van der Waals surface area contributed by atoms with Crippen molar-refractivity contribution < 1.29 is 9.53 Å². The second-order valence-electron chi connectivity index (χ2n) is 4.28. The molecule has 1 atom stereocenters. The van der Waals surface area contributed by atoms with Gasteiger partial charge in [0.25, 0.3) is 0 Å². The molecule has 1 heterocycles. The number of nitrogens with one attached hydrogen (secondary N) is 2. The first-order valence-corrected chi connectivity index (χ1v) is 6.49. The lowest BCUT2D eigenvalue weighted by Gasteiger charge is -2.11. The fourth-order valence-electron chi connectivity index (χ4n) is 1.99. The molecule has 1 aliphatic heterocycles. The van der Waals surface area contributed by atoms with E-state index in [1.807, 2.05) is 0 Å². The van der Waals surface area contributed by atoms with Gasteiger partial charge in [-0.05, 0) is 19.5 Å². The van der Waals surface area contributed by atoms with E-state index in [1.165, 1.54) is 0 Å². The molecule has 1 amide bonds. The van der Waals surface area contributed by atoms with Gasteiger partial charge in [0, 0.05) is 17.3 Å². The fourth-order valence-corrected chi connectivity index (χ4v) is 2.21. The van der Waals surface area contributed by atoms with Crippen LogP contribution in [0.25, 0.3) is 0 Å². The molecule has 5 heteroatoms. The van der Waals surface area contributed by atoms with Crippen LogP contribution in [0.15, 0.2) is 12.1 Å². The smallest absolute Gasteiger partial charge is 0.246 e. The summed E-state index contributed by atoms with van der Waals surface area (Å²) in [7, 11) is 1.75. The number of anilines is 1. The van der Waals surface area contributed by atoms with Gasteiger partial charge in [-0.25, -0.2) is 0 Å². The summed E-state index contributed by atoms with van der Waals surface area (Å²) in [5.74, 6) is 0.565. The molecule has 0 saturated carbocycles. The lowest BCUT2D eigenvalue weighted by molar-refractivity contribution is -0.117. The Morgan fingerprint density at radius 2 is 2.28 bits per heavy atom. The maximum atomic E-state index is 11.7. The molecule has 2 rings (SSSR count). The number of carbonyl (C=O) groups excluding carboxylic acids is 1. The number of halogens is 1. The number of hydrogen-bond donors (Lipinski definition) is 2. The Morgan fingerprint density at radius 1 is 1.50 bits per heavy atom. The van der Waals surface area contributed by atoms with E-state index >= 15 is 0 Å². The minimum absolute atomic E-state index is 0.0609. The average Bonchev–Trinajstić information content (AvgIpc) is 2.64. The van der Waals surface area contributed by atoms with Gasteiger partial charge in [0.2, 0.25) is 5.91 Å². The second-order valence-corrected chi connectivity index (χ2v) is 4.69. The molecule has 0 aromatic heterocycles. The van der Waals surface area contributed by atoms with E-state index in [0.717, 1.165) is 24.1 Å². The lowest BCUT2D eigenvalue weighted by atomic mass is 10.1. The molecule has 2 N–H and O–H groups in total. The maximum Gasteiger partial charge on any atom is 0.246 e. The Balaban J connectivity index is 2.22. The van der Waals surface area contributed by atoms with Crippen LogP contribution < -0.4 is 15.4 Å². The topological polar surface area (TPSA) is 50.4 Å². The Hall–Kier alpha value is -1.26. The van der Waals surface area contributed by atoms with Crippen LogP contribution in [0.4, 0.5) is 5.69 Å². The molecule has 1 aromatic carbocycles. The molecule has 1 aromatic rings. The number of benzene rings is 1. The molecular weight excluding hydrogens is 252 g/mol. The number of rotatable bonds is 5. The predicted molar refractivity (Wildman–Crippen MR) is 72.3 cm³/mol. The first-order valence-electron chi connectivity index (χ1n) is 6.11. The Labute approximate surface area is 112 Å². The van der Waals surface area contributed by atoms with Crippen LogP contribution in [0, 0.1) is 0 Å². The van der Waals surface area contributed by atoms with Crippen LogP contribution in [0.3, 0.4) is 0 Å². The Bertz CT molecular complexity index is 463. The highest BCUT2D eigenvalue weighted by Crippen LogP contribution is 2.38. The van der Waals surface area contributed by atoms with Crippen molar-refractivity contribution in [1.82, 2.24) is 5.32 Å². The number of hydrogen-bond acceptors (Lipinski definition) is 3. The third-order valence-corrected chi connectivity index (χ3v) is 3.27. The fraction of sp³-hybridized carbons (Fsp3) is 0.462. The number of unbranched alkanes of at least 4 members (excludes halogenated alkanes) is 1. The van der Waals surface area contributed by atoms with Crippen molar-refractivity contribution in [3.63, 3.8) is 0 Å². The van der Waals surface area contributed by atoms with Gasteiger partial charge in [-0.2, -0.15) is 0 Å². The third kappa shape index (κ3) is 2.44. The second kappa shape index (κ2) is 5.59. The standard InChI is InChI=1S/C13H17ClN2O2/c1-3-4-5-18-11-7-10-8(6-9(11)14)12(15-2)13(17)16-10/h6-7,12,15H,3-5H2,1-2H3,(H,16,17). The van der Waals surface area contributed by atoms with Crippen molar-refractivity contribution in [2.24, 2.45) is 0 Å². The van der Waals surface area contributed by atoms with Crippen LogP contribution in [-0.2, 0) is 4.79 Å². The number of amides is 1. The van der Waals surface area contributed by atoms with Crippen molar-refractivity contribution in [2.45, 2.75) is 25.8 Å². The summed E-state index contributed by atoms with van der Waals surface area (Å²) < 4.78 is 5.60. The summed E-state index contributed by atoms with van der Waals surface area (Å²) in [4.78, 5) is 11.7. The van der Waals surface area contributed by atoms with Crippen molar-refractivity contribution in [1.29, 1.82) is 0 Å². The van der Waals surface area contributed by atoms with Crippen molar-refractivity contribution in [3.8, 4) is 5.75 Å². The normalized spacial score (nSPS) is 17.5. The van der Waals surface area contributed by atoms with E-state index < -0.39 is 0 Å². The maximum absolute atomic E-state index is 11.7. The molecule has 4 nitrogen and oxygen atoms in total. The third-order valence-electron chi connectivity index (χ3n) is 2.98. The largest absolute Gasteiger partial charge is 0.492 e. The van der Waals surface area contributed by atoms with Crippen LogP contribution in [0.1, 0.15) is 31.4 Å². The van der Waals surface area contributed by atoms with Crippen LogP contribution in [0.5, 0.6) is 5.75 Å². The summed E-state index contributed by atoms with van der Waals surface area (Å²) in [5, 5.41) is 6.32. The number of fused-ring (bicyclic) bond motifs is 1. The zero-order valence-electron chi connectivity index (χ0n) is 10.5. The molecule has 0 radical (unpaired) electrons. The summed E-state index contributed by atoms with van der Waals surface area (Å²) in [6.07, 6.45) is 2.06. The first-order chi connectivity index (χ1) is 8.67. The molecule has 98 valence electrons. The monoisotopic (exact) mass is 268 g/mol. The summed E-state index contributed by atoms with van der Waals surface area (Å²) in [6, 6.07) is 3.25. The quantitative estimate of drug-likeness (QED) is 0.808. The van der Waals surface area contributed by atoms with Gasteiger partial charge >= 0.3 is 0 Å². The summed E-state index contributed by atoms with van der Waals surface area (Å²) in [6.45, 7) is 2.74. The Kier molecular flexibility index (Phi) is 4.09. The molecule has 0 fully saturated rings. The highest BCUT2D eigenvalue weighted by molar-refractivity contribution is 6.32. The van der Waals surface area contributed by atoms with Gasteiger partial charge < -0.3 is 15.4 Å². The van der Waals surface area contributed by atoms with Gasteiger partial charge in [0.05, 0.1) is 11.6 Å². The van der Waals surface area contributed by atoms with E-state index in [1.54, 1.807) is 19.2 Å². The van der Waals surface area contributed by atoms with E-state index in [2.05, 4.69) is 17.6 Å². The molecule has 0 bridgehead atoms. The first kappa shape index (κ1) is 13.2. The van der Waals surface area contributed by atoms with Gasteiger partial charge in [-0.1, -0.05) is 24.9 Å². The number of likely N-dealkylation sites (N-methyl/N-ethyl adjacent to an activating group) is 1. The molecule has 0 aliphatic carbocycles. The van der Waals surface area contributed by atoms with E-state index in [4.69, 9.17) is 16.3 Å². The summed E-state index contributed by atoms with van der Waals surface area (Å²) in [5.41, 5.74) is 1.64.